The molecule has 0 saturated carbocycles. The summed E-state index contributed by atoms with van der Waals surface area (Å²) < 4.78 is 0. The lowest BCUT2D eigenvalue weighted by Gasteiger charge is -2.08. The molecule has 0 radical (unpaired) electrons. The summed E-state index contributed by atoms with van der Waals surface area (Å²) in [6, 6.07) is 0. The lowest BCUT2D eigenvalue weighted by Crippen LogP contribution is -2.32. The van der Waals surface area contributed by atoms with Crippen molar-refractivity contribution in [3.63, 3.8) is 0 Å². The van der Waals surface area contributed by atoms with Crippen molar-refractivity contribution in [2.75, 3.05) is 6.54 Å². The normalized spacial score (nSPS) is 12.5. The number of H-pyrrole nitrogens is 1. The zero-order valence-corrected chi connectivity index (χ0v) is 8.50. The molecule has 0 saturated heterocycles. The van der Waals surface area contributed by atoms with Crippen LogP contribution in [-0.2, 0) is 11.3 Å². The zero-order valence-electron chi connectivity index (χ0n) is 8.50. The van der Waals surface area contributed by atoms with Crippen molar-refractivity contribution >= 4 is 5.91 Å². The van der Waals surface area contributed by atoms with Gasteiger partial charge in [0.2, 0.25) is 5.91 Å². The molecule has 0 spiro atoms. The maximum Gasteiger partial charge on any atom is 0.224 e. The van der Waals surface area contributed by atoms with Crippen LogP contribution in [0.15, 0.2) is 6.20 Å². The fraction of sp³-hybridized carbons (Fsp3) is 0.556. The molecule has 0 fully saturated rings. The Balaban J connectivity index is 2.41. The second kappa shape index (κ2) is 4.76. The van der Waals surface area contributed by atoms with Crippen LogP contribution in [0.1, 0.15) is 18.2 Å². The van der Waals surface area contributed by atoms with Crippen molar-refractivity contribution in [2.45, 2.75) is 20.4 Å². The Labute approximate surface area is 83.1 Å². The molecule has 5 heteroatoms. The van der Waals surface area contributed by atoms with Gasteiger partial charge in [0.25, 0.3) is 0 Å². The number of hydrogen-bond acceptors (Lipinski definition) is 3. The highest BCUT2D eigenvalue weighted by atomic mass is 16.1. The summed E-state index contributed by atoms with van der Waals surface area (Å²) in [5, 5.41) is 9.47. The fourth-order valence-corrected chi connectivity index (χ4v) is 1.02. The number of carbonyl (C=O) groups is 1. The van der Waals surface area contributed by atoms with Crippen LogP contribution in [0.2, 0.25) is 0 Å². The molecule has 1 heterocycles. The number of amides is 1. The van der Waals surface area contributed by atoms with Gasteiger partial charge in [0, 0.05) is 30.3 Å². The average molecular weight is 196 g/mol. The molecule has 1 aromatic rings. The third kappa shape index (κ3) is 2.56. The molecule has 0 aliphatic rings. The number of carbonyl (C=O) groups excluding carboxylic acids is 1. The van der Waals surface area contributed by atoms with Gasteiger partial charge in [-0.2, -0.15) is 5.10 Å². The van der Waals surface area contributed by atoms with Gasteiger partial charge >= 0.3 is 0 Å². The van der Waals surface area contributed by atoms with Gasteiger partial charge in [-0.3, -0.25) is 9.89 Å². The molecule has 0 aliphatic heterocycles. The molecule has 1 atom stereocenters. The predicted molar refractivity (Wildman–Crippen MR) is 53.4 cm³/mol. The van der Waals surface area contributed by atoms with Gasteiger partial charge in [0.1, 0.15) is 0 Å². The Kier molecular flexibility index (Phi) is 3.64. The van der Waals surface area contributed by atoms with Gasteiger partial charge in [-0.05, 0) is 6.92 Å². The number of hydrogen-bond donors (Lipinski definition) is 3. The number of aryl methyl sites for hydroxylation is 1. The van der Waals surface area contributed by atoms with Crippen LogP contribution in [0.4, 0.5) is 0 Å². The fourth-order valence-electron chi connectivity index (χ4n) is 1.02. The molecule has 14 heavy (non-hydrogen) atoms. The van der Waals surface area contributed by atoms with Gasteiger partial charge in [-0.15, -0.1) is 0 Å². The largest absolute Gasteiger partial charge is 0.352 e. The quantitative estimate of drug-likeness (QED) is 0.630. The lowest BCUT2D eigenvalue weighted by atomic mass is 10.1. The molecule has 5 nitrogen and oxygen atoms in total. The van der Waals surface area contributed by atoms with Crippen LogP contribution >= 0.6 is 0 Å². The summed E-state index contributed by atoms with van der Waals surface area (Å²) >= 11 is 0. The number of aromatic amines is 1. The highest BCUT2D eigenvalue weighted by Crippen LogP contribution is 2.02. The Morgan fingerprint density at radius 1 is 1.79 bits per heavy atom. The van der Waals surface area contributed by atoms with E-state index in [-0.39, 0.29) is 11.8 Å². The van der Waals surface area contributed by atoms with Gasteiger partial charge in [0.15, 0.2) is 0 Å². The third-order valence-corrected chi connectivity index (χ3v) is 2.19. The highest BCUT2D eigenvalue weighted by Gasteiger charge is 2.10. The van der Waals surface area contributed by atoms with Crippen LogP contribution in [-0.4, -0.2) is 22.6 Å². The van der Waals surface area contributed by atoms with Crippen LogP contribution in [0.3, 0.4) is 0 Å². The standard InChI is InChI=1S/C9H16N4O/c1-6(3-10)9(14)11-4-8-5-12-13-7(8)2/h5-6H,3-4,10H2,1-2H3,(H,11,14)(H,12,13). The van der Waals surface area contributed by atoms with E-state index in [9.17, 15) is 4.79 Å². The van der Waals surface area contributed by atoms with Gasteiger partial charge in [-0.25, -0.2) is 0 Å². The van der Waals surface area contributed by atoms with Gasteiger partial charge in [0.05, 0.1) is 6.20 Å². The molecule has 1 unspecified atom stereocenters. The number of nitrogens with zero attached hydrogens (tertiary/aromatic N) is 1. The molecular weight excluding hydrogens is 180 g/mol. The minimum Gasteiger partial charge on any atom is -0.352 e. The lowest BCUT2D eigenvalue weighted by molar-refractivity contribution is -0.124. The number of rotatable bonds is 4. The van der Waals surface area contributed by atoms with Crippen LogP contribution in [0.5, 0.6) is 0 Å². The molecular formula is C9H16N4O. The molecule has 0 aliphatic carbocycles. The minimum absolute atomic E-state index is 0.0203. The van der Waals surface area contributed by atoms with Crippen molar-refractivity contribution in [3.8, 4) is 0 Å². The first-order valence-corrected chi connectivity index (χ1v) is 4.61. The minimum atomic E-state index is -0.137. The maximum absolute atomic E-state index is 11.4. The average Bonchev–Trinajstić information content (AvgIpc) is 2.59. The summed E-state index contributed by atoms with van der Waals surface area (Å²) in [5.74, 6) is -0.157. The van der Waals surface area contributed by atoms with Crippen LogP contribution in [0.25, 0.3) is 0 Å². The summed E-state index contributed by atoms with van der Waals surface area (Å²) in [7, 11) is 0. The van der Waals surface area contributed by atoms with E-state index in [4.69, 9.17) is 5.73 Å². The summed E-state index contributed by atoms with van der Waals surface area (Å²) in [6.07, 6.45) is 1.71. The van der Waals surface area contributed by atoms with Crippen molar-refractivity contribution in [1.29, 1.82) is 0 Å². The van der Waals surface area contributed by atoms with E-state index in [1.807, 2.05) is 6.92 Å². The van der Waals surface area contributed by atoms with E-state index in [0.29, 0.717) is 13.1 Å². The van der Waals surface area contributed by atoms with Crippen LogP contribution in [0, 0.1) is 12.8 Å². The van der Waals surface area contributed by atoms with Gasteiger partial charge in [-0.1, -0.05) is 6.92 Å². The monoisotopic (exact) mass is 196 g/mol. The molecule has 1 aromatic heterocycles. The Hall–Kier alpha value is -1.36. The van der Waals surface area contributed by atoms with E-state index in [1.165, 1.54) is 0 Å². The molecule has 4 N–H and O–H groups in total. The second-order valence-corrected chi connectivity index (χ2v) is 3.37. The van der Waals surface area contributed by atoms with Crippen molar-refractivity contribution in [2.24, 2.45) is 11.7 Å². The van der Waals surface area contributed by atoms with Crippen molar-refractivity contribution < 1.29 is 4.79 Å². The molecule has 1 amide bonds. The molecule has 0 bridgehead atoms. The van der Waals surface area contributed by atoms with Crippen molar-refractivity contribution in [1.82, 2.24) is 15.5 Å². The second-order valence-electron chi connectivity index (χ2n) is 3.37. The number of nitrogens with two attached hydrogens (primary N) is 1. The molecule has 1 rings (SSSR count). The third-order valence-electron chi connectivity index (χ3n) is 2.19. The Morgan fingerprint density at radius 3 is 3.00 bits per heavy atom. The van der Waals surface area contributed by atoms with E-state index in [1.54, 1.807) is 13.1 Å². The first-order chi connectivity index (χ1) is 6.65. The van der Waals surface area contributed by atoms with Gasteiger partial charge < -0.3 is 11.1 Å². The Bertz CT molecular complexity index is 308. The predicted octanol–water partition coefficient (Wildman–Crippen LogP) is -0.0709. The summed E-state index contributed by atoms with van der Waals surface area (Å²) in [5.41, 5.74) is 7.35. The first-order valence-electron chi connectivity index (χ1n) is 4.61. The van der Waals surface area contributed by atoms with Crippen LogP contribution < -0.4 is 11.1 Å². The van der Waals surface area contributed by atoms with E-state index >= 15 is 0 Å². The SMILES string of the molecule is Cc1[nH]ncc1CNC(=O)C(C)CN. The first kappa shape index (κ1) is 10.7. The van der Waals surface area contributed by atoms with E-state index in [2.05, 4.69) is 15.5 Å². The smallest absolute Gasteiger partial charge is 0.224 e. The number of aromatic nitrogens is 2. The summed E-state index contributed by atoms with van der Waals surface area (Å²) in [6.45, 7) is 4.60. The zero-order chi connectivity index (χ0) is 10.6. The van der Waals surface area contributed by atoms with E-state index < -0.39 is 0 Å². The Morgan fingerprint density at radius 2 is 2.50 bits per heavy atom. The topological polar surface area (TPSA) is 83.8 Å². The molecule has 78 valence electrons. The number of nitrogens with one attached hydrogen (secondary N) is 2. The maximum atomic E-state index is 11.4. The highest BCUT2D eigenvalue weighted by molar-refractivity contribution is 5.78. The molecule has 0 aromatic carbocycles. The van der Waals surface area contributed by atoms with E-state index in [0.717, 1.165) is 11.3 Å². The van der Waals surface area contributed by atoms with Crippen molar-refractivity contribution in [3.05, 3.63) is 17.5 Å². The summed E-state index contributed by atoms with van der Waals surface area (Å²) in [4.78, 5) is 11.4.